The van der Waals surface area contributed by atoms with Gasteiger partial charge in [0.05, 0.1) is 6.54 Å². The zero-order chi connectivity index (χ0) is 13.9. The minimum atomic E-state index is 0. The minimum Gasteiger partial charge on any atom is -0.460 e. The molecule has 21 heavy (non-hydrogen) atoms. The van der Waals surface area contributed by atoms with Crippen LogP contribution in [0, 0.1) is 0 Å². The van der Waals surface area contributed by atoms with Gasteiger partial charge in [0.1, 0.15) is 11.5 Å². The molecule has 0 radical (unpaired) electrons. The van der Waals surface area contributed by atoms with Crippen LogP contribution in [0.5, 0.6) is 0 Å². The molecule has 0 spiro atoms. The van der Waals surface area contributed by atoms with Crippen molar-refractivity contribution in [1.29, 1.82) is 0 Å². The van der Waals surface area contributed by atoms with Gasteiger partial charge in [-0.3, -0.25) is 0 Å². The Balaban J connectivity index is 0.00000161. The molecule has 3 rings (SSSR count). The second-order valence-corrected chi connectivity index (χ2v) is 7.02. The van der Waals surface area contributed by atoms with E-state index in [0.29, 0.717) is 6.04 Å². The molecular formula is C16H18Br2ClNO. The van der Waals surface area contributed by atoms with Gasteiger partial charge in [-0.25, -0.2) is 0 Å². The summed E-state index contributed by atoms with van der Waals surface area (Å²) in [7, 11) is 0. The molecule has 1 aliphatic rings. The van der Waals surface area contributed by atoms with Crippen molar-refractivity contribution in [3.05, 3.63) is 45.0 Å². The van der Waals surface area contributed by atoms with Crippen molar-refractivity contribution in [1.82, 2.24) is 5.32 Å². The number of hydrogen-bond donors (Lipinski definition) is 1. The lowest BCUT2D eigenvalue weighted by atomic mass is 10.2. The van der Waals surface area contributed by atoms with Crippen molar-refractivity contribution in [2.75, 3.05) is 0 Å². The summed E-state index contributed by atoms with van der Waals surface area (Å²) < 4.78 is 8.04. The summed E-state index contributed by atoms with van der Waals surface area (Å²) in [4.78, 5) is 0. The van der Waals surface area contributed by atoms with Crippen molar-refractivity contribution in [3.63, 3.8) is 0 Å². The second-order valence-electron chi connectivity index (χ2n) is 5.25. The quantitative estimate of drug-likeness (QED) is 0.644. The first kappa shape index (κ1) is 17.1. The fourth-order valence-corrected chi connectivity index (χ4v) is 3.92. The average molecular weight is 436 g/mol. The van der Waals surface area contributed by atoms with E-state index in [-0.39, 0.29) is 12.4 Å². The maximum absolute atomic E-state index is 5.94. The first-order chi connectivity index (χ1) is 9.72. The van der Waals surface area contributed by atoms with Crippen molar-refractivity contribution in [3.8, 4) is 11.3 Å². The molecule has 1 heterocycles. The zero-order valence-corrected chi connectivity index (χ0v) is 15.6. The molecule has 1 aliphatic carbocycles. The van der Waals surface area contributed by atoms with Gasteiger partial charge in [-0.1, -0.05) is 28.8 Å². The standard InChI is InChI=1S/C16H17Br2NO.ClH/c17-11-5-7-14(15(18)9-11)16-8-6-13(20-16)10-19-12-3-1-2-4-12;/h5-9,12,19H,1-4,10H2;1H. The van der Waals surface area contributed by atoms with Gasteiger partial charge in [0.25, 0.3) is 0 Å². The summed E-state index contributed by atoms with van der Waals surface area (Å²) in [5.74, 6) is 1.91. The highest BCUT2D eigenvalue weighted by Crippen LogP contribution is 2.32. The Morgan fingerprint density at radius 3 is 2.57 bits per heavy atom. The largest absolute Gasteiger partial charge is 0.460 e. The van der Waals surface area contributed by atoms with Crippen molar-refractivity contribution in [2.24, 2.45) is 0 Å². The van der Waals surface area contributed by atoms with Gasteiger partial charge < -0.3 is 9.73 Å². The van der Waals surface area contributed by atoms with Crippen molar-refractivity contribution in [2.45, 2.75) is 38.3 Å². The molecule has 1 aromatic carbocycles. The number of benzene rings is 1. The average Bonchev–Trinajstić information content (AvgIpc) is 3.07. The minimum absolute atomic E-state index is 0. The molecule has 5 heteroatoms. The fraction of sp³-hybridized carbons (Fsp3) is 0.375. The van der Waals surface area contributed by atoms with Gasteiger partial charge in [0.2, 0.25) is 0 Å². The molecule has 2 nitrogen and oxygen atoms in total. The molecule has 0 saturated heterocycles. The number of halogens is 3. The van der Waals surface area contributed by atoms with E-state index in [0.717, 1.165) is 32.6 Å². The van der Waals surface area contributed by atoms with Gasteiger partial charge in [0, 0.05) is 20.6 Å². The zero-order valence-electron chi connectivity index (χ0n) is 11.6. The second kappa shape index (κ2) is 7.82. The Bertz CT molecular complexity index is 594. The van der Waals surface area contributed by atoms with Gasteiger partial charge in [-0.15, -0.1) is 12.4 Å². The molecule has 0 unspecified atom stereocenters. The van der Waals surface area contributed by atoms with Crippen LogP contribution in [-0.4, -0.2) is 6.04 Å². The summed E-state index contributed by atoms with van der Waals surface area (Å²) >= 11 is 7.05. The van der Waals surface area contributed by atoms with Crippen LogP contribution in [-0.2, 0) is 6.54 Å². The van der Waals surface area contributed by atoms with E-state index in [1.165, 1.54) is 25.7 Å². The SMILES string of the molecule is Brc1ccc(-c2ccc(CNC3CCCC3)o2)c(Br)c1.Cl. The summed E-state index contributed by atoms with van der Waals surface area (Å²) in [6.45, 7) is 0.818. The summed E-state index contributed by atoms with van der Waals surface area (Å²) in [5, 5.41) is 3.57. The Labute approximate surface area is 148 Å². The highest BCUT2D eigenvalue weighted by Gasteiger charge is 2.15. The van der Waals surface area contributed by atoms with Gasteiger partial charge in [-0.2, -0.15) is 0 Å². The summed E-state index contributed by atoms with van der Waals surface area (Å²) in [6, 6.07) is 10.9. The topological polar surface area (TPSA) is 25.2 Å². The molecule has 0 bridgehead atoms. The van der Waals surface area contributed by atoms with Gasteiger partial charge >= 0.3 is 0 Å². The van der Waals surface area contributed by atoms with E-state index >= 15 is 0 Å². The van der Waals surface area contributed by atoms with E-state index in [2.05, 4.69) is 49.3 Å². The smallest absolute Gasteiger partial charge is 0.135 e. The van der Waals surface area contributed by atoms with Crippen LogP contribution in [0.3, 0.4) is 0 Å². The lowest BCUT2D eigenvalue weighted by Gasteiger charge is -2.09. The first-order valence-electron chi connectivity index (χ1n) is 7.00. The van der Waals surface area contributed by atoms with Crippen molar-refractivity contribution < 1.29 is 4.42 Å². The van der Waals surface area contributed by atoms with Crippen LogP contribution in [0.4, 0.5) is 0 Å². The Morgan fingerprint density at radius 1 is 1.10 bits per heavy atom. The van der Waals surface area contributed by atoms with Crippen LogP contribution in [0.25, 0.3) is 11.3 Å². The highest BCUT2D eigenvalue weighted by molar-refractivity contribution is 9.11. The third-order valence-electron chi connectivity index (χ3n) is 3.78. The van der Waals surface area contributed by atoms with E-state index in [4.69, 9.17) is 4.42 Å². The Kier molecular flexibility index (Phi) is 6.35. The number of rotatable bonds is 4. The maximum Gasteiger partial charge on any atom is 0.135 e. The molecule has 0 amide bonds. The molecule has 2 aromatic rings. The number of nitrogens with one attached hydrogen (secondary N) is 1. The lowest BCUT2D eigenvalue weighted by Crippen LogP contribution is -2.24. The van der Waals surface area contributed by atoms with E-state index in [1.54, 1.807) is 0 Å². The normalized spacial score (nSPS) is 15.1. The molecular weight excluding hydrogens is 417 g/mol. The molecule has 1 aromatic heterocycles. The van der Waals surface area contributed by atoms with Gasteiger partial charge in [-0.05, 0) is 59.1 Å². The molecule has 0 aliphatic heterocycles. The highest BCUT2D eigenvalue weighted by atomic mass is 79.9. The van der Waals surface area contributed by atoms with E-state index in [1.807, 2.05) is 18.2 Å². The monoisotopic (exact) mass is 433 g/mol. The molecule has 114 valence electrons. The molecule has 1 N–H and O–H groups in total. The van der Waals surface area contributed by atoms with E-state index in [9.17, 15) is 0 Å². The third kappa shape index (κ3) is 4.35. The number of hydrogen-bond acceptors (Lipinski definition) is 2. The predicted molar refractivity (Wildman–Crippen MR) is 95.9 cm³/mol. The van der Waals surface area contributed by atoms with Crippen LogP contribution >= 0.6 is 44.3 Å². The van der Waals surface area contributed by atoms with Crippen LogP contribution in [0.15, 0.2) is 43.7 Å². The fourth-order valence-electron chi connectivity index (χ4n) is 2.68. The lowest BCUT2D eigenvalue weighted by molar-refractivity contribution is 0.452. The Morgan fingerprint density at radius 2 is 1.86 bits per heavy atom. The first-order valence-corrected chi connectivity index (χ1v) is 8.58. The van der Waals surface area contributed by atoms with Gasteiger partial charge in [0.15, 0.2) is 0 Å². The predicted octanol–water partition coefficient (Wildman–Crippen LogP) is 5.93. The van der Waals surface area contributed by atoms with Crippen LogP contribution in [0.1, 0.15) is 31.4 Å². The molecule has 1 fully saturated rings. The summed E-state index contributed by atoms with van der Waals surface area (Å²) in [5.41, 5.74) is 1.08. The number of furan rings is 1. The van der Waals surface area contributed by atoms with Crippen LogP contribution < -0.4 is 5.32 Å². The van der Waals surface area contributed by atoms with Crippen LogP contribution in [0.2, 0.25) is 0 Å². The maximum atomic E-state index is 5.94. The molecule has 1 saturated carbocycles. The van der Waals surface area contributed by atoms with E-state index < -0.39 is 0 Å². The third-order valence-corrected chi connectivity index (χ3v) is 4.93. The summed E-state index contributed by atoms with van der Waals surface area (Å²) in [6.07, 6.45) is 5.30. The Hall–Kier alpha value is -0.290. The molecule has 0 atom stereocenters. The van der Waals surface area contributed by atoms with Crippen molar-refractivity contribution >= 4 is 44.3 Å².